The second-order valence-corrected chi connectivity index (χ2v) is 14.9. The van der Waals surface area contributed by atoms with Gasteiger partial charge in [-0.2, -0.15) is 0 Å². The third-order valence-corrected chi connectivity index (χ3v) is 12.2. The number of likely N-dealkylation sites (tertiary alicyclic amines) is 1. The standard InChI is InChI=1S/C30H42BrN3O5S/c1-4-39-21-12-10-19(11-13-21)32-27(36)23-24-29(38)34(20(16-35)14-17(2)3)26(30(24)15-22(31)25(23)40-30)28(37)33-18-8-6-5-7-9-18/h10-13,17-18,20,22-26,35H,4-9,14-16H2,1-3H3,(H,32,36)(H,33,37)/t20-,22?,23-,24+,25-,26?,30?/m1/s1. The van der Waals surface area contributed by atoms with Crippen LogP contribution in [0, 0.1) is 17.8 Å². The zero-order valence-electron chi connectivity index (χ0n) is 23.6. The van der Waals surface area contributed by atoms with Crippen LogP contribution in [0.25, 0.3) is 0 Å². The molecule has 220 valence electrons. The first-order chi connectivity index (χ1) is 19.2. The molecule has 1 aromatic rings. The average molecular weight is 637 g/mol. The number of thioether (sulfide) groups is 1. The van der Waals surface area contributed by atoms with Crippen molar-refractivity contribution in [3.63, 3.8) is 0 Å². The predicted molar refractivity (Wildman–Crippen MR) is 161 cm³/mol. The molecule has 0 radical (unpaired) electrons. The molecule has 1 saturated carbocycles. The molecule has 1 spiro atoms. The van der Waals surface area contributed by atoms with E-state index >= 15 is 0 Å². The number of ether oxygens (including phenoxy) is 1. The van der Waals surface area contributed by atoms with Crippen LogP contribution in [0.15, 0.2) is 24.3 Å². The molecule has 8 nitrogen and oxygen atoms in total. The number of hydrogen-bond donors (Lipinski definition) is 3. The van der Waals surface area contributed by atoms with Gasteiger partial charge in [0.2, 0.25) is 17.7 Å². The summed E-state index contributed by atoms with van der Waals surface area (Å²) in [6.45, 7) is 6.38. The molecule has 10 heteroatoms. The normalized spacial score (nSPS) is 32.3. The maximum atomic E-state index is 14.4. The highest BCUT2D eigenvalue weighted by atomic mass is 79.9. The second-order valence-electron chi connectivity index (χ2n) is 12.2. The molecule has 3 saturated heterocycles. The molecule has 4 aliphatic rings. The van der Waals surface area contributed by atoms with Gasteiger partial charge in [0.25, 0.3) is 0 Å². The zero-order valence-corrected chi connectivity index (χ0v) is 26.0. The summed E-state index contributed by atoms with van der Waals surface area (Å²) in [4.78, 5) is 44.0. The van der Waals surface area contributed by atoms with E-state index in [4.69, 9.17) is 4.74 Å². The van der Waals surface area contributed by atoms with Crippen LogP contribution in [-0.2, 0) is 14.4 Å². The van der Waals surface area contributed by atoms with Crippen molar-refractivity contribution in [2.24, 2.45) is 17.8 Å². The second kappa shape index (κ2) is 12.2. The van der Waals surface area contributed by atoms with E-state index in [1.54, 1.807) is 28.8 Å². The van der Waals surface area contributed by atoms with Gasteiger partial charge in [-0.05, 0) is 62.8 Å². The SMILES string of the molecule is CCOc1ccc(NC(=O)[C@H]2[C@@H]3SC4(CC3Br)C(C(=O)NC3CCCCC3)N([C@@H](CO)CC(C)C)C(=O)[C@H]24)cc1. The summed E-state index contributed by atoms with van der Waals surface area (Å²) >= 11 is 5.46. The van der Waals surface area contributed by atoms with Gasteiger partial charge in [-0.3, -0.25) is 14.4 Å². The van der Waals surface area contributed by atoms with Crippen LogP contribution in [0.5, 0.6) is 5.75 Å². The highest BCUT2D eigenvalue weighted by molar-refractivity contribution is 9.09. The van der Waals surface area contributed by atoms with Crippen molar-refractivity contribution in [3.8, 4) is 5.75 Å². The molecule has 3 aliphatic heterocycles. The van der Waals surface area contributed by atoms with E-state index in [0.29, 0.717) is 25.1 Å². The summed E-state index contributed by atoms with van der Waals surface area (Å²) < 4.78 is 4.80. The van der Waals surface area contributed by atoms with Gasteiger partial charge < -0.3 is 25.4 Å². The van der Waals surface area contributed by atoms with E-state index in [-0.39, 0.29) is 46.4 Å². The van der Waals surface area contributed by atoms with Gasteiger partial charge in [0.05, 0.1) is 35.8 Å². The number of aliphatic hydroxyl groups excluding tert-OH is 1. The molecule has 3 amide bonds. The number of hydrogen-bond acceptors (Lipinski definition) is 6. The lowest BCUT2D eigenvalue weighted by atomic mass is 9.70. The number of carbonyl (C=O) groups excluding carboxylic acids is 3. The number of halogens is 1. The van der Waals surface area contributed by atoms with Crippen LogP contribution >= 0.6 is 27.7 Å². The molecule has 40 heavy (non-hydrogen) atoms. The number of rotatable bonds is 10. The van der Waals surface area contributed by atoms with Gasteiger partial charge in [-0.15, -0.1) is 11.8 Å². The van der Waals surface area contributed by atoms with Crippen LogP contribution < -0.4 is 15.4 Å². The van der Waals surface area contributed by atoms with Crippen molar-refractivity contribution < 1.29 is 24.2 Å². The molecule has 0 aromatic heterocycles. The number of fused-ring (bicyclic) bond motifs is 1. The van der Waals surface area contributed by atoms with E-state index in [1.165, 1.54) is 6.42 Å². The lowest BCUT2D eigenvalue weighted by molar-refractivity contribution is -0.142. The summed E-state index contributed by atoms with van der Waals surface area (Å²) in [5.41, 5.74) is 0.642. The number of alkyl halides is 1. The van der Waals surface area contributed by atoms with Gasteiger partial charge in [-0.1, -0.05) is 49.0 Å². The first-order valence-electron chi connectivity index (χ1n) is 14.8. The van der Waals surface area contributed by atoms with Crippen LogP contribution in [0.4, 0.5) is 5.69 Å². The number of amides is 3. The molecule has 7 atom stereocenters. The molecule has 1 aliphatic carbocycles. The fraction of sp³-hybridized carbons (Fsp3) is 0.700. The Kier molecular flexibility index (Phi) is 9.07. The largest absolute Gasteiger partial charge is 0.494 e. The number of carbonyl (C=O) groups is 3. The van der Waals surface area contributed by atoms with E-state index in [1.807, 2.05) is 19.1 Å². The van der Waals surface area contributed by atoms with Gasteiger partial charge >= 0.3 is 0 Å². The quantitative estimate of drug-likeness (QED) is 0.330. The van der Waals surface area contributed by atoms with Crippen molar-refractivity contribution in [1.29, 1.82) is 0 Å². The van der Waals surface area contributed by atoms with Crippen LogP contribution in [-0.4, -0.2) is 73.9 Å². The summed E-state index contributed by atoms with van der Waals surface area (Å²) in [5, 5.41) is 16.7. The summed E-state index contributed by atoms with van der Waals surface area (Å²) in [6, 6.07) is 6.15. The maximum Gasteiger partial charge on any atom is 0.244 e. The highest BCUT2D eigenvalue weighted by Crippen LogP contribution is 2.68. The Morgan fingerprint density at radius 2 is 1.88 bits per heavy atom. The minimum atomic E-state index is -0.722. The summed E-state index contributed by atoms with van der Waals surface area (Å²) in [6.07, 6.45) is 6.48. The lowest BCUT2D eigenvalue weighted by Crippen LogP contribution is -2.58. The van der Waals surface area contributed by atoms with Crippen molar-refractivity contribution >= 4 is 51.1 Å². The van der Waals surface area contributed by atoms with Gasteiger partial charge in [0.15, 0.2) is 0 Å². The van der Waals surface area contributed by atoms with Crippen LogP contribution in [0.1, 0.15) is 65.7 Å². The molecule has 3 N–H and O–H groups in total. The van der Waals surface area contributed by atoms with Gasteiger partial charge in [0, 0.05) is 21.8 Å². The van der Waals surface area contributed by atoms with Gasteiger partial charge in [-0.25, -0.2) is 0 Å². The van der Waals surface area contributed by atoms with Crippen LogP contribution in [0.3, 0.4) is 0 Å². The fourth-order valence-corrected chi connectivity index (χ4v) is 11.0. The number of anilines is 1. The molecule has 1 aromatic carbocycles. The predicted octanol–water partition coefficient (Wildman–Crippen LogP) is 4.34. The Morgan fingerprint density at radius 3 is 2.50 bits per heavy atom. The molecule has 3 unspecified atom stereocenters. The molecular weight excluding hydrogens is 594 g/mol. The number of nitrogens with zero attached hydrogens (tertiary/aromatic N) is 1. The zero-order chi connectivity index (χ0) is 28.6. The van der Waals surface area contributed by atoms with Gasteiger partial charge in [0.1, 0.15) is 11.8 Å². The first-order valence-corrected chi connectivity index (χ1v) is 16.6. The molecule has 4 fully saturated rings. The average Bonchev–Trinajstić information content (AvgIpc) is 3.52. The number of nitrogens with one attached hydrogen (secondary N) is 2. The minimum absolute atomic E-state index is 0.000219. The highest BCUT2D eigenvalue weighted by Gasteiger charge is 2.76. The monoisotopic (exact) mass is 635 g/mol. The first kappa shape index (κ1) is 29.7. The van der Waals surface area contributed by atoms with E-state index < -0.39 is 28.7 Å². The van der Waals surface area contributed by atoms with E-state index in [0.717, 1.165) is 31.4 Å². The van der Waals surface area contributed by atoms with Crippen molar-refractivity contribution in [2.45, 2.75) is 98.7 Å². The third kappa shape index (κ3) is 5.40. The Bertz CT molecular complexity index is 1100. The van der Waals surface area contributed by atoms with Crippen molar-refractivity contribution in [2.75, 3.05) is 18.5 Å². The van der Waals surface area contributed by atoms with Crippen molar-refractivity contribution in [1.82, 2.24) is 10.2 Å². The number of benzene rings is 1. The topological polar surface area (TPSA) is 108 Å². The smallest absolute Gasteiger partial charge is 0.244 e. The fourth-order valence-electron chi connectivity index (χ4n) is 7.43. The minimum Gasteiger partial charge on any atom is -0.494 e. The molecule has 5 rings (SSSR count). The Hall–Kier alpha value is -1.78. The third-order valence-electron chi connectivity index (χ3n) is 9.01. The Labute approximate surface area is 249 Å². The van der Waals surface area contributed by atoms with E-state index in [9.17, 15) is 19.5 Å². The molecule has 2 bridgehead atoms. The summed E-state index contributed by atoms with van der Waals surface area (Å²) in [7, 11) is 0. The number of aliphatic hydroxyl groups is 1. The molecule has 3 heterocycles. The Morgan fingerprint density at radius 1 is 1.18 bits per heavy atom. The van der Waals surface area contributed by atoms with E-state index in [2.05, 4.69) is 40.4 Å². The Balaban J connectivity index is 1.46. The maximum absolute atomic E-state index is 14.4. The van der Waals surface area contributed by atoms with Crippen LogP contribution in [0.2, 0.25) is 0 Å². The lowest BCUT2D eigenvalue weighted by Gasteiger charge is -2.39. The molecular formula is C30H42BrN3O5S. The van der Waals surface area contributed by atoms with Crippen molar-refractivity contribution in [3.05, 3.63) is 24.3 Å². The summed E-state index contributed by atoms with van der Waals surface area (Å²) in [5.74, 6) is -0.766.